The van der Waals surface area contributed by atoms with Crippen molar-refractivity contribution in [1.82, 2.24) is 4.90 Å². The van der Waals surface area contributed by atoms with Gasteiger partial charge in [0.05, 0.1) is 19.1 Å². The lowest BCUT2D eigenvalue weighted by molar-refractivity contribution is -0.143. The van der Waals surface area contributed by atoms with E-state index < -0.39 is 23.7 Å². The molecule has 0 spiro atoms. The highest BCUT2D eigenvalue weighted by molar-refractivity contribution is 8.18. The molecule has 2 aromatic rings. The van der Waals surface area contributed by atoms with Crippen LogP contribution < -0.4 is 9.47 Å². The van der Waals surface area contributed by atoms with Crippen molar-refractivity contribution < 1.29 is 28.6 Å². The number of esters is 1. The Hall–Kier alpha value is -2.68. The SMILES string of the molecule is COC(=O)CN1C(=O)SC(=Cc2ccc(OCc3ccc(Cl)cc3Cl)c(OC)c2)C1=O. The first-order valence-electron chi connectivity index (χ1n) is 8.89. The van der Waals surface area contributed by atoms with E-state index in [1.165, 1.54) is 14.2 Å². The van der Waals surface area contributed by atoms with Crippen LogP contribution in [0.4, 0.5) is 4.79 Å². The van der Waals surface area contributed by atoms with E-state index in [1.807, 2.05) is 0 Å². The molecular formula is C21H17Cl2NO6S. The van der Waals surface area contributed by atoms with Crippen LogP contribution in [0.5, 0.6) is 11.5 Å². The fraction of sp³-hybridized carbons (Fsp3) is 0.190. The van der Waals surface area contributed by atoms with Crippen molar-refractivity contribution in [2.45, 2.75) is 6.61 Å². The number of ether oxygens (including phenoxy) is 3. The Morgan fingerprint density at radius 1 is 1.10 bits per heavy atom. The van der Waals surface area contributed by atoms with Gasteiger partial charge in [0.1, 0.15) is 13.2 Å². The van der Waals surface area contributed by atoms with Crippen LogP contribution in [0.25, 0.3) is 6.08 Å². The predicted molar refractivity (Wildman–Crippen MR) is 118 cm³/mol. The van der Waals surface area contributed by atoms with E-state index in [-0.39, 0.29) is 11.5 Å². The highest BCUT2D eigenvalue weighted by atomic mass is 35.5. The van der Waals surface area contributed by atoms with Gasteiger partial charge in [-0.3, -0.25) is 19.3 Å². The van der Waals surface area contributed by atoms with Crippen LogP contribution in [0.1, 0.15) is 11.1 Å². The summed E-state index contributed by atoms with van der Waals surface area (Å²) in [4.78, 5) is 36.9. The second-order valence-electron chi connectivity index (χ2n) is 6.28. The van der Waals surface area contributed by atoms with E-state index in [1.54, 1.807) is 42.5 Å². The van der Waals surface area contributed by atoms with Gasteiger partial charge in [-0.05, 0) is 47.7 Å². The summed E-state index contributed by atoms with van der Waals surface area (Å²) in [7, 11) is 2.68. The van der Waals surface area contributed by atoms with Crippen LogP contribution in [0, 0.1) is 0 Å². The Labute approximate surface area is 192 Å². The molecule has 0 radical (unpaired) electrons. The van der Waals surface area contributed by atoms with E-state index in [0.29, 0.717) is 27.1 Å². The monoisotopic (exact) mass is 481 g/mol. The van der Waals surface area contributed by atoms with Crippen molar-refractivity contribution in [3.05, 3.63) is 62.5 Å². The molecule has 2 amide bonds. The van der Waals surface area contributed by atoms with Gasteiger partial charge in [0.15, 0.2) is 11.5 Å². The number of rotatable bonds is 7. The minimum Gasteiger partial charge on any atom is -0.493 e. The summed E-state index contributed by atoms with van der Waals surface area (Å²) in [6.45, 7) is -0.222. The molecule has 0 unspecified atom stereocenters. The Morgan fingerprint density at radius 3 is 2.55 bits per heavy atom. The standard InChI is InChI=1S/C21H17Cl2NO6S/c1-28-17-7-12(8-18-20(26)24(21(27)31-18)10-19(25)29-2)3-6-16(17)30-11-13-4-5-14(22)9-15(13)23/h3-9H,10-11H2,1-2H3. The summed E-state index contributed by atoms with van der Waals surface area (Å²) in [6, 6.07) is 10.2. The summed E-state index contributed by atoms with van der Waals surface area (Å²) >= 11 is 12.8. The molecule has 1 aliphatic heterocycles. The molecule has 10 heteroatoms. The number of amides is 2. The zero-order chi connectivity index (χ0) is 22.5. The molecule has 0 aromatic heterocycles. The van der Waals surface area contributed by atoms with E-state index >= 15 is 0 Å². The Balaban J connectivity index is 1.76. The van der Waals surface area contributed by atoms with E-state index in [9.17, 15) is 14.4 Å². The van der Waals surface area contributed by atoms with Crippen LogP contribution in [0.15, 0.2) is 41.3 Å². The van der Waals surface area contributed by atoms with Crippen molar-refractivity contribution in [3.63, 3.8) is 0 Å². The van der Waals surface area contributed by atoms with Crippen LogP contribution in [-0.4, -0.2) is 42.8 Å². The summed E-state index contributed by atoms with van der Waals surface area (Å²) < 4.78 is 15.7. The van der Waals surface area contributed by atoms with Gasteiger partial charge in [-0.1, -0.05) is 35.3 Å². The number of hydrogen-bond donors (Lipinski definition) is 0. The average molecular weight is 482 g/mol. The smallest absolute Gasteiger partial charge is 0.325 e. The molecule has 0 saturated carbocycles. The molecule has 3 rings (SSSR count). The zero-order valence-electron chi connectivity index (χ0n) is 16.5. The van der Waals surface area contributed by atoms with Gasteiger partial charge in [-0.25, -0.2) is 0 Å². The summed E-state index contributed by atoms with van der Waals surface area (Å²) in [6.07, 6.45) is 1.55. The van der Waals surface area contributed by atoms with Gasteiger partial charge < -0.3 is 14.2 Å². The Bertz CT molecular complexity index is 1070. The third-order valence-corrected chi connectivity index (χ3v) is 5.77. The number of thioether (sulfide) groups is 1. The maximum atomic E-state index is 12.4. The molecule has 7 nitrogen and oxygen atoms in total. The van der Waals surface area contributed by atoms with Gasteiger partial charge in [0.2, 0.25) is 0 Å². The van der Waals surface area contributed by atoms with E-state index in [4.69, 9.17) is 32.7 Å². The van der Waals surface area contributed by atoms with Crippen LogP contribution in [0.3, 0.4) is 0 Å². The molecule has 1 heterocycles. The highest BCUT2D eigenvalue weighted by Crippen LogP contribution is 2.35. The summed E-state index contributed by atoms with van der Waals surface area (Å²) in [5, 5.41) is 0.492. The Kier molecular flexibility index (Phi) is 7.48. The number of halogens is 2. The molecule has 0 aliphatic carbocycles. The summed E-state index contributed by atoms with van der Waals surface area (Å²) in [5.74, 6) is -0.318. The molecule has 162 valence electrons. The number of nitrogens with zero attached hydrogens (tertiary/aromatic N) is 1. The number of benzene rings is 2. The zero-order valence-corrected chi connectivity index (χ0v) is 18.8. The predicted octanol–water partition coefficient (Wildman–Crippen LogP) is 4.79. The molecule has 0 N–H and O–H groups in total. The van der Waals surface area contributed by atoms with Gasteiger partial charge in [-0.2, -0.15) is 0 Å². The maximum Gasteiger partial charge on any atom is 0.325 e. The first-order chi connectivity index (χ1) is 14.8. The van der Waals surface area contributed by atoms with Crippen molar-refractivity contribution in [1.29, 1.82) is 0 Å². The number of hydrogen-bond acceptors (Lipinski definition) is 7. The third kappa shape index (κ3) is 5.52. The normalized spacial score (nSPS) is 14.8. The van der Waals surface area contributed by atoms with Crippen LogP contribution in [-0.2, 0) is 20.9 Å². The second-order valence-corrected chi connectivity index (χ2v) is 8.12. The van der Waals surface area contributed by atoms with E-state index in [2.05, 4.69) is 4.74 Å². The van der Waals surface area contributed by atoms with Gasteiger partial charge in [0.25, 0.3) is 11.1 Å². The molecule has 2 aromatic carbocycles. The quantitative estimate of drug-likeness (QED) is 0.415. The van der Waals surface area contributed by atoms with Gasteiger partial charge in [-0.15, -0.1) is 0 Å². The van der Waals surface area contributed by atoms with Crippen molar-refractivity contribution in [2.75, 3.05) is 20.8 Å². The van der Waals surface area contributed by atoms with Crippen LogP contribution in [0.2, 0.25) is 10.0 Å². The number of carbonyl (C=O) groups is 3. The molecule has 1 fully saturated rings. The van der Waals surface area contributed by atoms with Gasteiger partial charge >= 0.3 is 5.97 Å². The minimum absolute atomic E-state index is 0.192. The molecule has 1 saturated heterocycles. The fourth-order valence-electron chi connectivity index (χ4n) is 2.67. The molecule has 0 bridgehead atoms. The van der Waals surface area contributed by atoms with Crippen molar-refractivity contribution >= 4 is 58.2 Å². The van der Waals surface area contributed by atoms with Crippen molar-refractivity contribution in [2.24, 2.45) is 0 Å². The maximum absolute atomic E-state index is 12.4. The topological polar surface area (TPSA) is 82.1 Å². The lowest BCUT2D eigenvalue weighted by Crippen LogP contribution is -2.34. The minimum atomic E-state index is -0.674. The third-order valence-electron chi connectivity index (χ3n) is 4.27. The summed E-state index contributed by atoms with van der Waals surface area (Å²) in [5.41, 5.74) is 1.38. The molecular weight excluding hydrogens is 465 g/mol. The largest absolute Gasteiger partial charge is 0.493 e. The lowest BCUT2D eigenvalue weighted by atomic mass is 10.1. The van der Waals surface area contributed by atoms with E-state index in [0.717, 1.165) is 22.2 Å². The van der Waals surface area contributed by atoms with Crippen molar-refractivity contribution in [3.8, 4) is 11.5 Å². The number of imide groups is 1. The Morgan fingerprint density at radius 2 is 1.87 bits per heavy atom. The highest BCUT2D eigenvalue weighted by Gasteiger charge is 2.36. The molecule has 0 atom stereocenters. The first-order valence-corrected chi connectivity index (χ1v) is 10.5. The number of carbonyl (C=O) groups excluding carboxylic acids is 3. The fourth-order valence-corrected chi connectivity index (χ4v) is 3.97. The number of methoxy groups -OCH3 is 2. The van der Waals surface area contributed by atoms with Gasteiger partial charge in [0, 0.05) is 15.6 Å². The first kappa shape index (κ1) is 23.0. The lowest BCUT2D eigenvalue weighted by Gasteiger charge is -2.12. The second kappa shape index (κ2) is 10.1. The average Bonchev–Trinajstić information content (AvgIpc) is 3.00. The van der Waals surface area contributed by atoms with Crippen LogP contribution >= 0.6 is 35.0 Å². The molecule has 1 aliphatic rings. The molecule has 31 heavy (non-hydrogen) atoms.